The van der Waals surface area contributed by atoms with E-state index in [1.54, 1.807) is 43.3 Å². The minimum atomic E-state index is -0.249. The minimum Gasteiger partial charge on any atom is -0.508 e. The van der Waals surface area contributed by atoms with Crippen LogP contribution in [0.25, 0.3) is 0 Å². The Morgan fingerprint density at radius 3 is 2.80 bits per heavy atom. The summed E-state index contributed by atoms with van der Waals surface area (Å²) in [6.45, 7) is 2.03. The Balaban J connectivity index is 2.09. The van der Waals surface area contributed by atoms with E-state index in [4.69, 9.17) is 5.26 Å². The van der Waals surface area contributed by atoms with Crippen LogP contribution in [0.4, 0.5) is 0 Å². The number of nitriles is 1. The molecule has 100 valence electrons. The van der Waals surface area contributed by atoms with Gasteiger partial charge in [0.25, 0.3) is 5.91 Å². The topological polar surface area (TPSA) is 73.1 Å². The highest BCUT2D eigenvalue weighted by Crippen LogP contribution is 2.19. The summed E-state index contributed by atoms with van der Waals surface area (Å²) in [7, 11) is 0. The molecule has 2 N–H and O–H groups in total. The van der Waals surface area contributed by atoms with Gasteiger partial charge in [-0.1, -0.05) is 18.2 Å². The van der Waals surface area contributed by atoms with Crippen LogP contribution in [0.1, 0.15) is 27.0 Å². The van der Waals surface area contributed by atoms with Crippen molar-refractivity contribution >= 4 is 5.91 Å². The second-order valence-electron chi connectivity index (χ2n) is 4.44. The predicted octanol–water partition coefficient (Wildman–Crippen LogP) is 2.50. The number of nitrogens with zero attached hydrogens (tertiary/aromatic N) is 1. The van der Waals surface area contributed by atoms with Gasteiger partial charge in [-0.15, -0.1) is 0 Å². The lowest BCUT2D eigenvalue weighted by molar-refractivity contribution is 0.0950. The van der Waals surface area contributed by atoms with E-state index in [0.717, 1.165) is 5.56 Å². The summed E-state index contributed by atoms with van der Waals surface area (Å²) in [5.41, 5.74) is 2.41. The molecule has 20 heavy (non-hydrogen) atoms. The first-order chi connectivity index (χ1) is 9.61. The van der Waals surface area contributed by atoms with Gasteiger partial charge in [0.15, 0.2) is 0 Å². The van der Waals surface area contributed by atoms with Crippen molar-refractivity contribution < 1.29 is 9.90 Å². The fraction of sp³-hybridized carbons (Fsp3) is 0.125. The Labute approximate surface area is 117 Å². The van der Waals surface area contributed by atoms with Gasteiger partial charge in [-0.25, -0.2) is 0 Å². The standard InChI is InChI=1S/C16H14N2O2/c1-11-14(6-3-7-15(11)19)16(20)18-10-13-5-2-4-12(8-13)9-17/h2-8,19H,10H2,1H3,(H,18,20). The van der Waals surface area contributed by atoms with E-state index in [2.05, 4.69) is 11.4 Å². The van der Waals surface area contributed by atoms with Crippen LogP contribution in [0.5, 0.6) is 5.75 Å². The van der Waals surface area contributed by atoms with Gasteiger partial charge >= 0.3 is 0 Å². The average molecular weight is 266 g/mol. The van der Waals surface area contributed by atoms with E-state index < -0.39 is 0 Å². The van der Waals surface area contributed by atoms with E-state index in [0.29, 0.717) is 23.2 Å². The summed E-state index contributed by atoms with van der Waals surface area (Å²) in [5.74, 6) is -0.148. The number of benzene rings is 2. The first-order valence-electron chi connectivity index (χ1n) is 6.17. The molecule has 0 aromatic heterocycles. The molecule has 2 rings (SSSR count). The zero-order valence-electron chi connectivity index (χ0n) is 11.1. The number of nitrogens with one attached hydrogen (secondary N) is 1. The molecule has 0 radical (unpaired) electrons. The van der Waals surface area contributed by atoms with E-state index in [1.807, 2.05) is 6.07 Å². The molecule has 0 saturated carbocycles. The van der Waals surface area contributed by atoms with Gasteiger partial charge in [0.05, 0.1) is 11.6 Å². The highest BCUT2D eigenvalue weighted by Gasteiger charge is 2.10. The predicted molar refractivity (Wildman–Crippen MR) is 75.2 cm³/mol. The quantitative estimate of drug-likeness (QED) is 0.896. The number of hydrogen-bond acceptors (Lipinski definition) is 3. The molecule has 0 fully saturated rings. The second-order valence-corrected chi connectivity index (χ2v) is 4.44. The third-order valence-corrected chi connectivity index (χ3v) is 3.06. The molecule has 0 aliphatic carbocycles. The van der Waals surface area contributed by atoms with Gasteiger partial charge < -0.3 is 10.4 Å². The number of hydrogen-bond donors (Lipinski definition) is 2. The molecule has 2 aromatic rings. The van der Waals surface area contributed by atoms with Crippen LogP contribution in [0.3, 0.4) is 0 Å². The number of carbonyl (C=O) groups excluding carboxylic acids is 1. The summed E-state index contributed by atoms with van der Waals surface area (Å²) in [4.78, 5) is 12.1. The highest BCUT2D eigenvalue weighted by atomic mass is 16.3. The lowest BCUT2D eigenvalue weighted by atomic mass is 10.1. The van der Waals surface area contributed by atoms with Crippen LogP contribution < -0.4 is 5.32 Å². The van der Waals surface area contributed by atoms with Gasteiger partial charge in [0, 0.05) is 17.7 Å². The van der Waals surface area contributed by atoms with Gasteiger partial charge in [-0.2, -0.15) is 5.26 Å². The van der Waals surface area contributed by atoms with Crippen molar-refractivity contribution in [1.29, 1.82) is 5.26 Å². The van der Waals surface area contributed by atoms with Gasteiger partial charge in [-0.05, 0) is 36.8 Å². The Kier molecular flexibility index (Phi) is 4.02. The number of phenolic OH excluding ortho intramolecular Hbond substituents is 1. The molecule has 0 atom stereocenters. The van der Waals surface area contributed by atoms with Crippen LogP contribution in [0.15, 0.2) is 42.5 Å². The van der Waals surface area contributed by atoms with Crippen molar-refractivity contribution in [3.8, 4) is 11.8 Å². The van der Waals surface area contributed by atoms with Gasteiger partial charge in [-0.3, -0.25) is 4.79 Å². The molecule has 2 aromatic carbocycles. The molecule has 0 bridgehead atoms. The first-order valence-corrected chi connectivity index (χ1v) is 6.17. The number of aromatic hydroxyl groups is 1. The monoisotopic (exact) mass is 266 g/mol. The van der Waals surface area contributed by atoms with Crippen molar-refractivity contribution in [2.45, 2.75) is 13.5 Å². The van der Waals surface area contributed by atoms with Crippen molar-refractivity contribution in [2.24, 2.45) is 0 Å². The van der Waals surface area contributed by atoms with Crippen LogP contribution in [-0.2, 0) is 6.54 Å². The molecular formula is C16H14N2O2. The van der Waals surface area contributed by atoms with Crippen molar-refractivity contribution in [2.75, 3.05) is 0 Å². The molecule has 1 amide bonds. The van der Waals surface area contributed by atoms with Crippen LogP contribution >= 0.6 is 0 Å². The largest absolute Gasteiger partial charge is 0.508 e. The van der Waals surface area contributed by atoms with E-state index in [9.17, 15) is 9.90 Å². The normalized spacial score (nSPS) is 9.80. The number of rotatable bonds is 3. The minimum absolute atomic E-state index is 0.101. The fourth-order valence-electron chi connectivity index (χ4n) is 1.90. The molecular weight excluding hydrogens is 252 g/mol. The molecule has 0 unspecified atom stereocenters. The molecule has 4 nitrogen and oxygen atoms in total. The Hall–Kier alpha value is -2.80. The maximum Gasteiger partial charge on any atom is 0.251 e. The summed E-state index contributed by atoms with van der Waals surface area (Å²) in [6, 6.07) is 14.0. The smallest absolute Gasteiger partial charge is 0.251 e. The average Bonchev–Trinajstić information content (AvgIpc) is 2.48. The van der Waals surface area contributed by atoms with Gasteiger partial charge in [0.2, 0.25) is 0 Å². The molecule has 0 heterocycles. The molecule has 0 saturated heterocycles. The maximum absolute atomic E-state index is 12.1. The van der Waals surface area contributed by atoms with Crippen LogP contribution in [0.2, 0.25) is 0 Å². The lowest BCUT2D eigenvalue weighted by Crippen LogP contribution is -2.23. The number of phenols is 1. The zero-order valence-corrected chi connectivity index (χ0v) is 11.1. The summed E-state index contributed by atoms with van der Waals surface area (Å²) >= 11 is 0. The molecule has 0 aliphatic heterocycles. The van der Waals surface area contributed by atoms with Gasteiger partial charge in [0.1, 0.15) is 5.75 Å². The Bertz CT molecular complexity index is 687. The number of carbonyl (C=O) groups is 1. The highest BCUT2D eigenvalue weighted by molar-refractivity contribution is 5.96. The lowest BCUT2D eigenvalue weighted by Gasteiger charge is -2.09. The van der Waals surface area contributed by atoms with E-state index >= 15 is 0 Å². The molecule has 0 aliphatic rings. The zero-order chi connectivity index (χ0) is 14.5. The van der Waals surface area contributed by atoms with Crippen molar-refractivity contribution in [3.05, 3.63) is 64.7 Å². The number of amides is 1. The third kappa shape index (κ3) is 2.96. The van der Waals surface area contributed by atoms with Crippen LogP contribution in [0, 0.1) is 18.3 Å². The summed E-state index contributed by atoms with van der Waals surface area (Å²) in [6.07, 6.45) is 0. The third-order valence-electron chi connectivity index (χ3n) is 3.06. The van der Waals surface area contributed by atoms with E-state index in [-0.39, 0.29) is 11.7 Å². The summed E-state index contributed by atoms with van der Waals surface area (Å²) < 4.78 is 0. The fourth-order valence-corrected chi connectivity index (χ4v) is 1.90. The first kappa shape index (κ1) is 13.6. The van der Waals surface area contributed by atoms with E-state index in [1.165, 1.54) is 0 Å². The van der Waals surface area contributed by atoms with Crippen molar-refractivity contribution in [1.82, 2.24) is 5.32 Å². The summed E-state index contributed by atoms with van der Waals surface area (Å²) in [5, 5.41) is 21.2. The maximum atomic E-state index is 12.1. The SMILES string of the molecule is Cc1c(O)cccc1C(=O)NCc1cccc(C#N)c1. The Morgan fingerprint density at radius 2 is 2.05 bits per heavy atom. The van der Waals surface area contributed by atoms with Crippen LogP contribution in [-0.4, -0.2) is 11.0 Å². The Morgan fingerprint density at radius 1 is 1.30 bits per heavy atom. The molecule has 4 heteroatoms. The second kappa shape index (κ2) is 5.89. The van der Waals surface area contributed by atoms with Crippen molar-refractivity contribution in [3.63, 3.8) is 0 Å². The molecule has 0 spiro atoms.